The van der Waals surface area contributed by atoms with E-state index in [1.807, 2.05) is 72.8 Å². The number of ketones is 2. The Hall–Kier alpha value is -4.73. The number of ether oxygens (including phenoxy) is 2. The van der Waals surface area contributed by atoms with Gasteiger partial charge in [0.15, 0.2) is 11.4 Å². The molecule has 1 amide bonds. The van der Waals surface area contributed by atoms with Crippen LogP contribution in [0.15, 0.2) is 102 Å². The van der Waals surface area contributed by atoms with E-state index in [1.165, 1.54) is 0 Å². The van der Waals surface area contributed by atoms with E-state index >= 15 is 0 Å². The lowest BCUT2D eigenvalue weighted by Crippen LogP contribution is -2.64. The van der Waals surface area contributed by atoms with Crippen molar-refractivity contribution in [3.8, 4) is 5.75 Å². The summed E-state index contributed by atoms with van der Waals surface area (Å²) in [5, 5.41) is 23.9. The second-order valence-electron chi connectivity index (χ2n) is 11.8. The maximum absolute atomic E-state index is 14.1. The van der Waals surface area contributed by atoms with Gasteiger partial charge in [-0.1, -0.05) is 72.8 Å². The van der Waals surface area contributed by atoms with Crippen molar-refractivity contribution in [1.29, 1.82) is 0 Å². The maximum Gasteiger partial charge on any atom is 0.255 e. The Labute approximate surface area is 255 Å². The van der Waals surface area contributed by atoms with Crippen molar-refractivity contribution in [3.63, 3.8) is 0 Å². The lowest BCUT2D eigenvalue weighted by Gasteiger charge is -2.50. The molecule has 0 bridgehead atoms. The van der Waals surface area contributed by atoms with E-state index in [1.54, 1.807) is 25.1 Å². The standard InChI is InChI=1S/C35H34N2O7/c1-37(2)29-24-17-23-16-22-14-9-15-25(43-18-20-10-5-3-6-11-20)26(22)30(38)27(23)32(39)35(24,42)33(40)28(34(36)41)31(29)44-19-21-12-7-4-8-13-21/h3-15,23-24,29,39,42H,16-19H2,1-2H3,(H2,36,41)/t23-,24-,29-,35-/m0/s1. The highest BCUT2D eigenvalue weighted by atomic mass is 16.5. The van der Waals surface area contributed by atoms with E-state index in [9.17, 15) is 24.6 Å². The molecular formula is C35H34N2O7. The van der Waals surface area contributed by atoms with Gasteiger partial charge in [-0.25, -0.2) is 0 Å². The van der Waals surface area contributed by atoms with Crippen molar-refractivity contribution in [3.05, 3.63) is 124 Å². The Morgan fingerprint density at radius 3 is 2.14 bits per heavy atom. The SMILES string of the molecule is CN(C)[C@@H]1C(OCc2ccccc2)=C(C(N)=O)C(=O)[C@@]2(O)C(O)=C3C(=O)c4c(cccc4OCc4ccccc4)C[C@H]3C[C@@H]12. The van der Waals surface area contributed by atoms with Crippen LogP contribution in [0.2, 0.25) is 0 Å². The summed E-state index contributed by atoms with van der Waals surface area (Å²) in [5.74, 6) is -4.47. The average Bonchev–Trinajstić information content (AvgIpc) is 3.01. The number of primary amides is 1. The lowest BCUT2D eigenvalue weighted by molar-refractivity contribution is -0.149. The smallest absolute Gasteiger partial charge is 0.255 e. The van der Waals surface area contributed by atoms with E-state index in [0.717, 1.165) is 16.7 Å². The van der Waals surface area contributed by atoms with Gasteiger partial charge in [0.25, 0.3) is 5.91 Å². The van der Waals surface area contributed by atoms with Gasteiger partial charge in [0, 0.05) is 11.5 Å². The molecule has 9 heteroatoms. The first kappa shape index (κ1) is 29.3. The number of carbonyl (C=O) groups is 3. The molecule has 0 unspecified atom stereocenters. The molecule has 6 rings (SSSR count). The van der Waals surface area contributed by atoms with Crippen molar-refractivity contribution in [2.75, 3.05) is 14.1 Å². The van der Waals surface area contributed by atoms with Crippen LogP contribution in [0.3, 0.4) is 0 Å². The highest BCUT2D eigenvalue weighted by molar-refractivity contribution is 6.24. The number of nitrogens with zero attached hydrogens (tertiary/aromatic N) is 1. The number of amides is 1. The number of nitrogens with two attached hydrogens (primary N) is 1. The number of rotatable bonds is 8. The molecule has 9 nitrogen and oxygen atoms in total. The van der Waals surface area contributed by atoms with Gasteiger partial charge in [0.05, 0.1) is 11.6 Å². The summed E-state index contributed by atoms with van der Waals surface area (Å²) in [4.78, 5) is 42.7. The first-order valence-corrected chi connectivity index (χ1v) is 14.5. The Morgan fingerprint density at radius 1 is 0.932 bits per heavy atom. The first-order chi connectivity index (χ1) is 21.1. The predicted molar refractivity (Wildman–Crippen MR) is 161 cm³/mol. The fourth-order valence-corrected chi connectivity index (χ4v) is 6.89. The van der Waals surface area contributed by atoms with Gasteiger partial charge < -0.3 is 25.4 Å². The topological polar surface area (TPSA) is 139 Å². The number of aliphatic hydroxyl groups excluding tert-OH is 1. The molecule has 0 aromatic heterocycles. The number of allylic oxidation sites excluding steroid dienone is 1. The van der Waals surface area contributed by atoms with Gasteiger partial charge in [-0.05, 0) is 55.6 Å². The van der Waals surface area contributed by atoms with E-state index < -0.39 is 52.3 Å². The molecule has 0 heterocycles. The van der Waals surface area contributed by atoms with Crippen LogP contribution in [-0.4, -0.2) is 58.3 Å². The third-order valence-electron chi connectivity index (χ3n) is 8.90. The van der Waals surface area contributed by atoms with Crippen LogP contribution >= 0.6 is 0 Å². The molecule has 0 saturated heterocycles. The van der Waals surface area contributed by atoms with Gasteiger partial charge >= 0.3 is 0 Å². The number of benzene rings is 3. The zero-order chi connectivity index (χ0) is 31.2. The Kier molecular flexibility index (Phi) is 7.61. The zero-order valence-electron chi connectivity index (χ0n) is 24.5. The number of carbonyl (C=O) groups excluding carboxylic acids is 3. The van der Waals surface area contributed by atoms with Crippen LogP contribution in [-0.2, 0) is 34.0 Å². The zero-order valence-corrected chi connectivity index (χ0v) is 24.5. The maximum atomic E-state index is 14.1. The summed E-state index contributed by atoms with van der Waals surface area (Å²) in [6.45, 7) is 0.288. The number of likely N-dealkylation sites (N-methyl/N-ethyl adjacent to an activating group) is 1. The minimum absolute atomic E-state index is 0.0430. The van der Waals surface area contributed by atoms with Crippen LogP contribution < -0.4 is 10.5 Å². The third-order valence-corrected chi connectivity index (χ3v) is 8.90. The molecule has 226 valence electrons. The second-order valence-corrected chi connectivity index (χ2v) is 11.8. The largest absolute Gasteiger partial charge is 0.508 e. The Balaban J connectivity index is 1.42. The molecule has 3 aliphatic rings. The van der Waals surface area contributed by atoms with Crippen molar-refractivity contribution in [2.24, 2.45) is 17.6 Å². The van der Waals surface area contributed by atoms with Crippen LogP contribution in [0.4, 0.5) is 0 Å². The van der Waals surface area contributed by atoms with Crippen LogP contribution in [0.1, 0.15) is 33.5 Å². The van der Waals surface area contributed by atoms with E-state index in [2.05, 4.69) is 0 Å². The quantitative estimate of drug-likeness (QED) is 0.336. The highest BCUT2D eigenvalue weighted by Gasteiger charge is 2.63. The van der Waals surface area contributed by atoms with E-state index in [-0.39, 0.29) is 36.5 Å². The van der Waals surface area contributed by atoms with Gasteiger partial charge in [-0.3, -0.25) is 19.3 Å². The van der Waals surface area contributed by atoms with E-state index in [4.69, 9.17) is 15.2 Å². The number of hydrogen-bond donors (Lipinski definition) is 3. The lowest BCUT2D eigenvalue weighted by atomic mass is 9.58. The minimum atomic E-state index is -2.56. The monoisotopic (exact) mass is 594 g/mol. The Morgan fingerprint density at radius 2 is 1.55 bits per heavy atom. The number of fused-ring (bicyclic) bond motifs is 3. The minimum Gasteiger partial charge on any atom is -0.508 e. The molecule has 0 aliphatic heterocycles. The van der Waals surface area contributed by atoms with E-state index in [0.29, 0.717) is 12.2 Å². The second kappa shape index (κ2) is 11.4. The molecule has 3 aromatic carbocycles. The summed E-state index contributed by atoms with van der Waals surface area (Å²) >= 11 is 0. The van der Waals surface area contributed by atoms with Gasteiger partial charge in [-0.2, -0.15) is 0 Å². The number of aliphatic hydroxyl groups is 2. The van der Waals surface area contributed by atoms with Gasteiger partial charge in [-0.15, -0.1) is 0 Å². The Bertz CT molecular complexity index is 1700. The summed E-state index contributed by atoms with van der Waals surface area (Å²) in [6.07, 6.45) is 0.561. The summed E-state index contributed by atoms with van der Waals surface area (Å²) in [6, 6.07) is 23.3. The molecule has 4 atom stereocenters. The van der Waals surface area contributed by atoms with Gasteiger partial charge in [0.2, 0.25) is 5.78 Å². The predicted octanol–water partition coefficient (Wildman–Crippen LogP) is 3.65. The molecule has 0 fully saturated rings. The molecule has 4 N–H and O–H groups in total. The van der Waals surface area contributed by atoms with Crippen molar-refractivity contribution < 1.29 is 34.1 Å². The highest BCUT2D eigenvalue weighted by Crippen LogP contribution is 2.52. The van der Waals surface area contributed by atoms with Crippen molar-refractivity contribution in [1.82, 2.24) is 4.90 Å². The van der Waals surface area contributed by atoms with Gasteiger partial charge in [0.1, 0.15) is 36.1 Å². The summed E-state index contributed by atoms with van der Waals surface area (Å²) < 4.78 is 12.2. The molecule has 3 aliphatic carbocycles. The summed E-state index contributed by atoms with van der Waals surface area (Å²) in [7, 11) is 3.47. The number of hydrogen-bond acceptors (Lipinski definition) is 8. The molecule has 3 aromatic rings. The van der Waals surface area contributed by atoms with Crippen molar-refractivity contribution >= 4 is 17.5 Å². The molecule has 0 spiro atoms. The summed E-state index contributed by atoms with van der Waals surface area (Å²) in [5.41, 5.74) is 5.36. The average molecular weight is 595 g/mol. The third kappa shape index (κ3) is 4.78. The van der Waals surface area contributed by atoms with Crippen LogP contribution in [0, 0.1) is 11.8 Å². The fraction of sp³-hybridized carbons (Fsp3) is 0.286. The van der Waals surface area contributed by atoms with Crippen LogP contribution in [0.25, 0.3) is 0 Å². The molecule has 0 radical (unpaired) electrons. The number of Topliss-reactive ketones (excluding diaryl/α,β-unsaturated/α-hetero) is 2. The molecule has 44 heavy (non-hydrogen) atoms. The van der Waals surface area contributed by atoms with Crippen molar-refractivity contribution in [2.45, 2.75) is 37.7 Å². The fourth-order valence-electron chi connectivity index (χ4n) is 6.89. The first-order valence-electron chi connectivity index (χ1n) is 14.5. The molecular weight excluding hydrogens is 560 g/mol. The molecule has 0 saturated carbocycles. The normalized spacial score (nSPS) is 24.5. The van der Waals surface area contributed by atoms with Crippen LogP contribution in [0.5, 0.6) is 5.75 Å².